The highest BCUT2D eigenvalue weighted by atomic mass is 16.6. The summed E-state index contributed by atoms with van der Waals surface area (Å²) in [6.07, 6.45) is 5.20. The third-order valence-corrected chi connectivity index (χ3v) is 8.17. The van der Waals surface area contributed by atoms with Crippen molar-refractivity contribution in [1.29, 1.82) is 0 Å². The average molecular weight is 583 g/mol. The van der Waals surface area contributed by atoms with E-state index in [9.17, 15) is 4.79 Å². The molecule has 4 heterocycles. The van der Waals surface area contributed by atoms with E-state index in [4.69, 9.17) is 19.4 Å². The Hall–Kier alpha value is -4.11. The number of methoxy groups -OCH3 is 1. The van der Waals surface area contributed by atoms with E-state index in [2.05, 4.69) is 20.9 Å². The van der Waals surface area contributed by atoms with Crippen LogP contribution in [0.3, 0.4) is 0 Å². The number of nitrogens with zero attached hydrogens (tertiary/aromatic N) is 5. The Kier molecular flexibility index (Phi) is 8.25. The van der Waals surface area contributed by atoms with Gasteiger partial charge >= 0.3 is 6.09 Å². The minimum absolute atomic E-state index is 0.272. The van der Waals surface area contributed by atoms with Crippen LogP contribution in [-0.4, -0.2) is 57.9 Å². The number of fused-ring (bicyclic) bond motifs is 2. The molecule has 0 radical (unpaired) electrons. The zero-order valence-electron chi connectivity index (χ0n) is 25.7. The fourth-order valence-electron chi connectivity index (χ4n) is 6.11. The molecule has 1 atom stereocenters. The van der Waals surface area contributed by atoms with Crippen LogP contribution < -0.4 is 15.0 Å². The van der Waals surface area contributed by atoms with Crippen molar-refractivity contribution in [3.05, 3.63) is 71.9 Å². The van der Waals surface area contributed by atoms with Crippen LogP contribution in [0.4, 0.5) is 22.1 Å². The third kappa shape index (κ3) is 6.46. The maximum absolute atomic E-state index is 13.5. The lowest BCUT2D eigenvalue weighted by molar-refractivity contribution is 0.0568. The summed E-state index contributed by atoms with van der Waals surface area (Å²) in [5.41, 5.74) is 4.76. The summed E-state index contributed by atoms with van der Waals surface area (Å²) in [7, 11) is 1.67. The number of anilines is 3. The van der Waals surface area contributed by atoms with Gasteiger partial charge in [0.1, 0.15) is 16.9 Å². The summed E-state index contributed by atoms with van der Waals surface area (Å²) >= 11 is 0. The average Bonchev–Trinajstić information content (AvgIpc) is 3.55. The van der Waals surface area contributed by atoms with Gasteiger partial charge in [0.05, 0.1) is 24.5 Å². The molecule has 2 aliphatic heterocycles. The van der Waals surface area contributed by atoms with Crippen molar-refractivity contribution in [2.45, 2.75) is 71.1 Å². The summed E-state index contributed by atoms with van der Waals surface area (Å²) < 4.78 is 13.4. The van der Waals surface area contributed by atoms with E-state index in [1.54, 1.807) is 12.0 Å². The van der Waals surface area contributed by atoms with E-state index in [1.165, 1.54) is 32.4 Å². The Morgan fingerprint density at radius 1 is 0.953 bits per heavy atom. The second-order valence-electron chi connectivity index (χ2n) is 12.5. The molecule has 1 amide bonds. The van der Waals surface area contributed by atoms with Gasteiger partial charge in [-0.3, -0.25) is 9.47 Å². The second-order valence-corrected chi connectivity index (χ2v) is 12.5. The first kappa shape index (κ1) is 29.0. The van der Waals surface area contributed by atoms with Crippen LogP contribution in [0, 0.1) is 0 Å². The largest absolute Gasteiger partial charge is 0.497 e. The Labute approximate surface area is 253 Å². The highest BCUT2D eigenvalue weighted by Gasteiger charge is 2.38. The Bertz CT molecular complexity index is 1570. The normalized spacial score (nSPS) is 17.2. The molecule has 2 aliphatic rings. The summed E-state index contributed by atoms with van der Waals surface area (Å²) in [6, 6.07) is 19.6. The number of imidazole rings is 1. The molecule has 0 saturated carbocycles. The molecule has 1 fully saturated rings. The van der Waals surface area contributed by atoms with Gasteiger partial charge in [0.25, 0.3) is 0 Å². The number of likely N-dealkylation sites (tertiary alicyclic amines) is 1. The number of ether oxygens (including phenoxy) is 2. The van der Waals surface area contributed by atoms with E-state index in [0.29, 0.717) is 6.42 Å². The van der Waals surface area contributed by atoms with Gasteiger partial charge in [-0.2, -0.15) is 0 Å². The second kappa shape index (κ2) is 12.2. The molecule has 43 heavy (non-hydrogen) atoms. The van der Waals surface area contributed by atoms with Crippen LogP contribution in [0.5, 0.6) is 5.75 Å². The van der Waals surface area contributed by atoms with E-state index in [0.717, 1.165) is 65.0 Å². The zero-order chi connectivity index (χ0) is 30.0. The van der Waals surface area contributed by atoms with Crippen molar-refractivity contribution in [3.63, 3.8) is 0 Å². The number of hydrogen-bond acceptors (Lipinski definition) is 7. The van der Waals surface area contributed by atoms with Crippen LogP contribution in [0.2, 0.25) is 0 Å². The molecule has 2 aromatic heterocycles. The lowest BCUT2D eigenvalue weighted by atomic mass is 10.1. The van der Waals surface area contributed by atoms with Crippen molar-refractivity contribution >= 4 is 34.6 Å². The highest BCUT2D eigenvalue weighted by Crippen LogP contribution is 2.41. The molecule has 2 aromatic carbocycles. The fourth-order valence-corrected chi connectivity index (χ4v) is 6.11. The molecular weight excluding hydrogens is 540 g/mol. The number of aromatic nitrogens is 3. The first-order chi connectivity index (χ1) is 20.8. The molecular formula is C34H42N6O3. The van der Waals surface area contributed by atoms with Gasteiger partial charge in [-0.25, -0.2) is 14.8 Å². The van der Waals surface area contributed by atoms with Crippen LogP contribution in [0.25, 0.3) is 11.2 Å². The van der Waals surface area contributed by atoms with E-state index < -0.39 is 5.60 Å². The number of rotatable bonds is 8. The fraction of sp³-hybridized carbons (Fsp3) is 0.441. The van der Waals surface area contributed by atoms with E-state index >= 15 is 0 Å². The summed E-state index contributed by atoms with van der Waals surface area (Å²) in [5, 5.41) is 3.52. The molecule has 0 spiro atoms. The molecule has 4 aromatic rings. The van der Waals surface area contributed by atoms with Crippen molar-refractivity contribution in [3.8, 4) is 5.75 Å². The van der Waals surface area contributed by atoms with Crippen LogP contribution in [-0.2, 0) is 17.7 Å². The Morgan fingerprint density at radius 3 is 2.47 bits per heavy atom. The predicted molar refractivity (Wildman–Crippen MR) is 170 cm³/mol. The topological polar surface area (TPSA) is 84.7 Å². The van der Waals surface area contributed by atoms with E-state index in [-0.39, 0.29) is 12.1 Å². The molecule has 1 unspecified atom stereocenters. The lowest BCUT2D eigenvalue weighted by Crippen LogP contribution is -2.37. The molecule has 0 bridgehead atoms. The van der Waals surface area contributed by atoms with Crippen LogP contribution in [0.15, 0.2) is 60.7 Å². The van der Waals surface area contributed by atoms with Gasteiger partial charge in [0.2, 0.25) is 5.95 Å². The van der Waals surface area contributed by atoms with Crippen LogP contribution in [0.1, 0.15) is 63.8 Å². The number of para-hydroxylation sites is 1. The van der Waals surface area contributed by atoms with Crippen molar-refractivity contribution in [2.75, 3.05) is 37.0 Å². The summed E-state index contributed by atoms with van der Waals surface area (Å²) in [4.78, 5) is 28.0. The molecule has 9 heteroatoms. The SMILES string of the molecule is COc1ccc(Nc2nc3ccc(C4Cc5ccccc5N4C(=O)OC(C)(C)C)nc3n2CCCN2CCCCC2)cc1. The molecule has 9 nitrogen and oxygen atoms in total. The predicted octanol–water partition coefficient (Wildman–Crippen LogP) is 7.10. The summed E-state index contributed by atoms with van der Waals surface area (Å²) in [6.45, 7) is 9.86. The van der Waals surface area contributed by atoms with Gasteiger partial charge in [-0.05, 0) is 108 Å². The number of carbonyl (C=O) groups is 1. The number of carbonyl (C=O) groups excluding carboxylic acids is 1. The number of hydrogen-bond donors (Lipinski definition) is 1. The van der Waals surface area contributed by atoms with Crippen molar-refractivity contribution in [2.24, 2.45) is 0 Å². The van der Waals surface area contributed by atoms with Crippen molar-refractivity contribution < 1.29 is 14.3 Å². The van der Waals surface area contributed by atoms with Crippen molar-refractivity contribution in [1.82, 2.24) is 19.4 Å². The highest BCUT2D eigenvalue weighted by molar-refractivity contribution is 5.92. The molecule has 1 N–H and O–H groups in total. The standard InChI is InChI=1S/C34H42N6O3/c1-34(2,3)43-33(41)40-29-12-7-6-11-24(29)23-30(40)27-17-18-28-31(36-27)39(22-10-21-38-19-8-5-9-20-38)32(37-28)35-25-13-15-26(42-4)16-14-25/h6-7,11-18,30H,5,8-10,19-23H2,1-4H3,(H,35,37). The quantitative estimate of drug-likeness (QED) is 0.237. The lowest BCUT2D eigenvalue weighted by Gasteiger charge is -2.29. The molecule has 6 rings (SSSR count). The summed E-state index contributed by atoms with van der Waals surface area (Å²) in [5.74, 6) is 1.56. The molecule has 1 saturated heterocycles. The first-order valence-corrected chi connectivity index (χ1v) is 15.4. The zero-order valence-corrected chi connectivity index (χ0v) is 25.7. The number of amides is 1. The maximum atomic E-state index is 13.5. The van der Waals surface area contributed by atoms with Crippen LogP contribution >= 0.6 is 0 Å². The van der Waals surface area contributed by atoms with Gasteiger partial charge in [-0.1, -0.05) is 24.6 Å². The van der Waals surface area contributed by atoms with Gasteiger partial charge < -0.3 is 19.7 Å². The monoisotopic (exact) mass is 582 g/mol. The number of aryl methyl sites for hydroxylation is 1. The number of nitrogens with one attached hydrogen (secondary N) is 1. The van der Waals surface area contributed by atoms with Gasteiger partial charge in [0.15, 0.2) is 5.65 Å². The number of pyridine rings is 1. The third-order valence-electron chi connectivity index (χ3n) is 8.17. The smallest absolute Gasteiger partial charge is 0.415 e. The van der Waals surface area contributed by atoms with Gasteiger partial charge in [0, 0.05) is 18.7 Å². The number of piperidine rings is 1. The molecule has 226 valence electrons. The Balaban J connectivity index is 1.34. The Morgan fingerprint density at radius 2 is 1.72 bits per heavy atom. The van der Waals surface area contributed by atoms with E-state index in [1.807, 2.05) is 75.4 Å². The minimum Gasteiger partial charge on any atom is -0.497 e. The first-order valence-electron chi connectivity index (χ1n) is 15.4. The maximum Gasteiger partial charge on any atom is 0.415 e. The van der Waals surface area contributed by atoms with Gasteiger partial charge in [-0.15, -0.1) is 0 Å². The number of benzene rings is 2. The minimum atomic E-state index is -0.606. The molecule has 0 aliphatic carbocycles.